The third-order valence-corrected chi connectivity index (χ3v) is 3.66. The van der Waals surface area contributed by atoms with Crippen LogP contribution in [0.25, 0.3) is 0 Å². The number of hydrogen-bond donors (Lipinski definition) is 2. The summed E-state index contributed by atoms with van der Waals surface area (Å²) < 4.78 is 13.5. The van der Waals surface area contributed by atoms with Gasteiger partial charge in [0.15, 0.2) is 0 Å². The Morgan fingerprint density at radius 1 is 1.37 bits per heavy atom. The first kappa shape index (κ1) is 13.9. The molecule has 1 aromatic carbocycles. The largest absolute Gasteiger partial charge is 0.394 e. The lowest BCUT2D eigenvalue weighted by molar-refractivity contribution is 0.272. The maximum atomic E-state index is 13.5. The van der Waals surface area contributed by atoms with E-state index in [-0.39, 0.29) is 18.5 Å². The SMILES string of the molecule is CC[C@@H](CO)Nc1nnc(Cc2ccccc2F)s1. The molecule has 2 aromatic rings. The van der Waals surface area contributed by atoms with Crippen molar-refractivity contribution in [3.05, 3.63) is 40.7 Å². The summed E-state index contributed by atoms with van der Waals surface area (Å²) in [6.07, 6.45) is 1.24. The quantitative estimate of drug-likeness (QED) is 0.854. The molecule has 0 bridgehead atoms. The number of aliphatic hydroxyl groups is 1. The van der Waals surface area contributed by atoms with Crippen molar-refractivity contribution in [3.8, 4) is 0 Å². The zero-order chi connectivity index (χ0) is 13.7. The van der Waals surface area contributed by atoms with E-state index in [4.69, 9.17) is 5.11 Å². The second-order valence-electron chi connectivity index (χ2n) is 4.20. The average Bonchev–Trinajstić information content (AvgIpc) is 2.86. The molecule has 0 unspecified atom stereocenters. The van der Waals surface area contributed by atoms with Gasteiger partial charge in [0.05, 0.1) is 12.6 Å². The fourth-order valence-electron chi connectivity index (χ4n) is 1.64. The Labute approximate surface area is 115 Å². The molecule has 0 fully saturated rings. The fraction of sp³-hybridized carbons (Fsp3) is 0.385. The highest BCUT2D eigenvalue weighted by Crippen LogP contribution is 2.20. The van der Waals surface area contributed by atoms with Gasteiger partial charge in [-0.1, -0.05) is 36.5 Å². The topological polar surface area (TPSA) is 58.0 Å². The van der Waals surface area contributed by atoms with Crippen LogP contribution in [0.15, 0.2) is 24.3 Å². The van der Waals surface area contributed by atoms with E-state index < -0.39 is 0 Å². The van der Waals surface area contributed by atoms with Gasteiger partial charge in [0.25, 0.3) is 0 Å². The summed E-state index contributed by atoms with van der Waals surface area (Å²) in [6, 6.07) is 6.63. The number of aromatic nitrogens is 2. The first-order chi connectivity index (χ1) is 9.22. The molecule has 19 heavy (non-hydrogen) atoms. The number of nitrogens with one attached hydrogen (secondary N) is 1. The number of anilines is 1. The van der Waals surface area contributed by atoms with Gasteiger partial charge >= 0.3 is 0 Å². The number of nitrogens with zero attached hydrogens (tertiary/aromatic N) is 2. The number of aliphatic hydroxyl groups excluding tert-OH is 1. The molecule has 2 N–H and O–H groups in total. The molecular formula is C13H16FN3OS. The van der Waals surface area contributed by atoms with Crippen LogP contribution < -0.4 is 5.32 Å². The van der Waals surface area contributed by atoms with Gasteiger partial charge in [-0.3, -0.25) is 0 Å². The number of halogens is 1. The zero-order valence-corrected chi connectivity index (χ0v) is 11.5. The van der Waals surface area contributed by atoms with E-state index in [0.29, 0.717) is 17.1 Å². The monoisotopic (exact) mass is 281 g/mol. The van der Waals surface area contributed by atoms with Crippen LogP contribution in [0.5, 0.6) is 0 Å². The summed E-state index contributed by atoms with van der Waals surface area (Å²) in [5, 5.41) is 21.7. The highest BCUT2D eigenvalue weighted by molar-refractivity contribution is 7.15. The Hall–Kier alpha value is -1.53. The minimum atomic E-state index is -0.228. The highest BCUT2D eigenvalue weighted by atomic mass is 32.1. The lowest BCUT2D eigenvalue weighted by atomic mass is 10.1. The van der Waals surface area contributed by atoms with Gasteiger partial charge in [-0.2, -0.15) is 0 Å². The minimum absolute atomic E-state index is 0.0192. The minimum Gasteiger partial charge on any atom is -0.394 e. The predicted octanol–water partition coefficient (Wildman–Crippen LogP) is 2.45. The number of rotatable bonds is 6. The standard InChI is InChI=1S/C13H16FN3OS/c1-2-10(8-18)15-13-17-16-12(19-13)7-9-5-3-4-6-11(9)14/h3-6,10,18H,2,7-8H2,1H3,(H,15,17)/t10-/m0/s1. The van der Waals surface area contributed by atoms with E-state index in [1.165, 1.54) is 17.4 Å². The molecule has 6 heteroatoms. The third-order valence-electron chi connectivity index (χ3n) is 2.81. The van der Waals surface area contributed by atoms with Crippen LogP contribution in [-0.4, -0.2) is 28.0 Å². The Morgan fingerprint density at radius 3 is 2.84 bits per heavy atom. The molecular weight excluding hydrogens is 265 g/mol. The average molecular weight is 281 g/mol. The number of hydrogen-bond acceptors (Lipinski definition) is 5. The number of benzene rings is 1. The lowest BCUT2D eigenvalue weighted by Gasteiger charge is -2.11. The molecule has 4 nitrogen and oxygen atoms in total. The van der Waals surface area contributed by atoms with Crippen molar-refractivity contribution in [1.29, 1.82) is 0 Å². The molecule has 2 rings (SSSR count). The van der Waals surface area contributed by atoms with Crippen molar-refractivity contribution in [2.45, 2.75) is 25.8 Å². The van der Waals surface area contributed by atoms with Crippen molar-refractivity contribution in [3.63, 3.8) is 0 Å². The summed E-state index contributed by atoms with van der Waals surface area (Å²) in [5.41, 5.74) is 0.611. The van der Waals surface area contributed by atoms with Gasteiger partial charge in [-0.15, -0.1) is 10.2 Å². The summed E-state index contributed by atoms with van der Waals surface area (Å²) in [6.45, 7) is 2.04. The van der Waals surface area contributed by atoms with Gasteiger partial charge in [-0.25, -0.2) is 4.39 Å². The van der Waals surface area contributed by atoms with Gasteiger partial charge in [-0.05, 0) is 18.1 Å². The van der Waals surface area contributed by atoms with E-state index in [0.717, 1.165) is 11.4 Å². The highest BCUT2D eigenvalue weighted by Gasteiger charge is 2.10. The lowest BCUT2D eigenvalue weighted by Crippen LogP contribution is -2.22. The second-order valence-corrected chi connectivity index (χ2v) is 5.26. The van der Waals surface area contributed by atoms with Crippen LogP contribution in [-0.2, 0) is 6.42 Å². The van der Waals surface area contributed by atoms with Crippen molar-refractivity contribution in [2.75, 3.05) is 11.9 Å². The van der Waals surface area contributed by atoms with E-state index >= 15 is 0 Å². The molecule has 1 atom stereocenters. The smallest absolute Gasteiger partial charge is 0.205 e. The fourth-order valence-corrected chi connectivity index (χ4v) is 2.48. The van der Waals surface area contributed by atoms with Crippen molar-refractivity contribution in [2.24, 2.45) is 0 Å². The van der Waals surface area contributed by atoms with Crippen LogP contribution in [0.2, 0.25) is 0 Å². The van der Waals surface area contributed by atoms with E-state index in [9.17, 15) is 4.39 Å². The molecule has 0 spiro atoms. The molecule has 0 aliphatic heterocycles. The molecule has 0 amide bonds. The zero-order valence-electron chi connectivity index (χ0n) is 10.6. The Morgan fingerprint density at radius 2 is 2.16 bits per heavy atom. The summed E-state index contributed by atoms with van der Waals surface area (Å²) >= 11 is 1.38. The van der Waals surface area contributed by atoms with Crippen LogP contribution in [0.3, 0.4) is 0 Å². The van der Waals surface area contributed by atoms with Gasteiger partial charge in [0.1, 0.15) is 10.8 Å². The maximum Gasteiger partial charge on any atom is 0.205 e. The van der Waals surface area contributed by atoms with Crippen LogP contribution in [0.1, 0.15) is 23.9 Å². The summed E-state index contributed by atoms with van der Waals surface area (Å²) in [5.74, 6) is -0.228. The van der Waals surface area contributed by atoms with E-state index in [1.807, 2.05) is 6.92 Å². The van der Waals surface area contributed by atoms with Gasteiger partial charge in [0.2, 0.25) is 5.13 Å². The molecule has 0 aliphatic rings. The Bertz CT molecular complexity index is 528. The molecule has 102 valence electrons. The molecule has 0 radical (unpaired) electrons. The Kier molecular flexibility index (Phi) is 4.81. The van der Waals surface area contributed by atoms with Crippen LogP contribution in [0.4, 0.5) is 9.52 Å². The van der Waals surface area contributed by atoms with Crippen LogP contribution in [0, 0.1) is 5.82 Å². The predicted molar refractivity (Wildman–Crippen MR) is 73.9 cm³/mol. The molecule has 0 saturated heterocycles. The Balaban J connectivity index is 2.03. The summed E-state index contributed by atoms with van der Waals surface area (Å²) in [4.78, 5) is 0. The second kappa shape index (κ2) is 6.58. The summed E-state index contributed by atoms with van der Waals surface area (Å²) in [7, 11) is 0. The van der Waals surface area contributed by atoms with Crippen molar-refractivity contribution >= 4 is 16.5 Å². The van der Waals surface area contributed by atoms with Crippen molar-refractivity contribution < 1.29 is 9.50 Å². The van der Waals surface area contributed by atoms with Crippen LogP contribution >= 0.6 is 11.3 Å². The van der Waals surface area contributed by atoms with E-state index in [1.54, 1.807) is 18.2 Å². The maximum absolute atomic E-state index is 13.5. The normalized spacial score (nSPS) is 12.4. The molecule has 0 saturated carbocycles. The molecule has 0 aliphatic carbocycles. The molecule has 1 heterocycles. The van der Waals surface area contributed by atoms with Gasteiger partial charge < -0.3 is 10.4 Å². The van der Waals surface area contributed by atoms with Gasteiger partial charge in [0, 0.05) is 6.42 Å². The first-order valence-electron chi connectivity index (χ1n) is 6.16. The third kappa shape index (κ3) is 3.71. The van der Waals surface area contributed by atoms with E-state index in [2.05, 4.69) is 15.5 Å². The molecule has 1 aromatic heterocycles. The van der Waals surface area contributed by atoms with Crippen molar-refractivity contribution in [1.82, 2.24) is 10.2 Å². The first-order valence-corrected chi connectivity index (χ1v) is 6.97.